The number of nitro benzene ring substituents is 1. The molecule has 0 saturated heterocycles. The normalized spacial score (nSPS) is 11.9. The van der Waals surface area contributed by atoms with E-state index in [-0.39, 0.29) is 10.6 Å². The van der Waals surface area contributed by atoms with Crippen LogP contribution in [0, 0.1) is 10.1 Å². The van der Waals surface area contributed by atoms with Gasteiger partial charge in [-0.15, -0.1) is 0 Å². The monoisotopic (exact) mass is 248 g/mol. The Morgan fingerprint density at radius 1 is 1.39 bits per heavy atom. The van der Waals surface area contributed by atoms with Crippen molar-refractivity contribution in [3.05, 3.63) is 40.6 Å². The number of nitrogens with zero attached hydrogens (tertiary/aromatic N) is 2. The van der Waals surface area contributed by atoms with Gasteiger partial charge < -0.3 is 9.67 Å². The Bertz CT molecular complexity index is 581. The molecule has 0 aliphatic carbocycles. The molecule has 5 nitrogen and oxygen atoms in total. The molecule has 0 amide bonds. The summed E-state index contributed by atoms with van der Waals surface area (Å²) in [6.45, 7) is 4.14. The van der Waals surface area contributed by atoms with Gasteiger partial charge in [-0.3, -0.25) is 10.1 Å². The van der Waals surface area contributed by atoms with Crippen LogP contribution in [0.15, 0.2) is 30.5 Å². The number of aryl methyl sites for hydroxylation is 1. The van der Waals surface area contributed by atoms with Crippen molar-refractivity contribution >= 4 is 16.6 Å². The SMILES string of the molecule is CC(C)(O)CCn1ccc2c([N+](=O)[O-])cccc21. The van der Waals surface area contributed by atoms with E-state index in [4.69, 9.17) is 0 Å². The first-order valence-corrected chi connectivity index (χ1v) is 5.83. The summed E-state index contributed by atoms with van der Waals surface area (Å²) in [5, 5.41) is 21.2. The Hall–Kier alpha value is -1.88. The lowest BCUT2D eigenvalue weighted by Crippen LogP contribution is -2.20. The van der Waals surface area contributed by atoms with E-state index < -0.39 is 5.60 Å². The van der Waals surface area contributed by atoms with Gasteiger partial charge in [0.1, 0.15) is 0 Å². The van der Waals surface area contributed by atoms with Crippen LogP contribution < -0.4 is 0 Å². The molecule has 18 heavy (non-hydrogen) atoms. The highest BCUT2D eigenvalue weighted by Gasteiger charge is 2.16. The molecule has 0 bridgehead atoms. The third-order valence-electron chi connectivity index (χ3n) is 2.95. The first-order chi connectivity index (χ1) is 8.38. The van der Waals surface area contributed by atoms with E-state index in [1.165, 1.54) is 6.07 Å². The molecule has 2 aromatic rings. The summed E-state index contributed by atoms with van der Waals surface area (Å²) in [5.74, 6) is 0. The zero-order chi connectivity index (χ0) is 13.3. The van der Waals surface area contributed by atoms with Crippen LogP contribution in [0.4, 0.5) is 5.69 Å². The lowest BCUT2D eigenvalue weighted by atomic mass is 10.1. The van der Waals surface area contributed by atoms with Crippen molar-refractivity contribution in [1.29, 1.82) is 0 Å². The number of aliphatic hydroxyl groups is 1. The molecule has 1 aromatic carbocycles. The Labute approximate surface area is 105 Å². The van der Waals surface area contributed by atoms with Gasteiger partial charge in [-0.05, 0) is 32.4 Å². The van der Waals surface area contributed by atoms with E-state index >= 15 is 0 Å². The van der Waals surface area contributed by atoms with E-state index in [0.717, 1.165) is 5.52 Å². The number of hydrogen-bond acceptors (Lipinski definition) is 3. The topological polar surface area (TPSA) is 68.3 Å². The Morgan fingerprint density at radius 2 is 2.11 bits per heavy atom. The molecule has 2 rings (SSSR count). The predicted molar refractivity (Wildman–Crippen MR) is 69.5 cm³/mol. The van der Waals surface area contributed by atoms with E-state index in [2.05, 4.69) is 0 Å². The number of hydrogen-bond donors (Lipinski definition) is 1. The summed E-state index contributed by atoms with van der Waals surface area (Å²) in [6, 6.07) is 6.79. The van der Waals surface area contributed by atoms with Crippen molar-refractivity contribution in [1.82, 2.24) is 4.57 Å². The average Bonchev–Trinajstić information content (AvgIpc) is 2.68. The van der Waals surface area contributed by atoms with Crippen LogP contribution in [-0.2, 0) is 6.54 Å². The minimum Gasteiger partial charge on any atom is -0.390 e. The fourth-order valence-corrected chi connectivity index (χ4v) is 1.96. The fourth-order valence-electron chi connectivity index (χ4n) is 1.96. The second-order valence-corrected chi connectivity index (χ2v) is 5.04. The Balaban J connectivity index is 2.37. The van der Waals surface area contributed by atoms with Gasteiger partial charge in [0, 0.05) is 18.8 Å². The third kappa shape index (κ3) is 2.51. The maximum absolute atomic E-state index is 10.9. The molecule has 0 radical (unpaired) electrons. The molecule has 0 saturated carbocycles. The summed E-state index contributed by atoms with van der Waals surface area (Å²) >= 11 is 0. The third-order valence-corrected chi connectivity index (χ3v) is 2.95. The quantitative estimate of drug-likeness (QED) is 0.668. The van der Waals surface area contributed by atoms with Gasteiger partial charge >= 0.3 is 0 Å². The molecule has 0 fully saturated rings. The Kier molecular flexibility index (Phi) is 3.09. The largest absolute Gasteiger partial charge is 0.390 e. The molecule has 1 aromatic heterocycles. The van der Waals surface area contributed by atoms with Crippen LogP contribution >= 0.6 is 0 Å². The van der Waals surface area contributed by atoms with Crippen molar-refractivity contribution in [3.8, 4) is 0 Å². The number of rotatable bonds is 4. The van der Waals surface area contributed by atoms with Gasteiger partial charge in [0.25, 0.3) is 5.69 Å². The molecule has 96 valence electrons. The van der Waals surface area contributed by atoms with Gasteiger partial charge in [-0.2, -0.15) is 0 Å². The predicted octanol–water partition coefficient (Wildman–Crippen LogP) is 2.71. The number of benzene rings is 1. The molecule has 5 heteroatoms. The van der Waals surface area contributed by atoms with Crippen LogP contribution in [0.1, 0.15) is 20.3 Å². The summed E-state index contributed by atoms with van der Waals surface area (Å²) in [4.78, 5) is 10.5. The summed E-state index contributed by atoms with van der Waals surface area (Å²) in [5.41, 5.74) is 0.208. The molecule has 0 aliphatic rings. The lowest BCUT2D eigenvalue weighted by molar-refractivity contribution is -0.383. The number of nitro groups is 1. The van der Waals surface area contributed by atoms with Crippen LogP contribution in [0.5, 0.6) is 0 Å². The second kappa shape index (κ2) is 4.42. The molecule has 1 heterocycles. The summed E-state index contributed by atoms with van der Waals surface area (Å²) in [7, 11) is 0. The number of fused-ring (bicyclic) bond motifs is 1. The van der Waals surface area contributed by atoms with Gasteiger partial charge in [0.15, 0.2) is 0 Å². The highest BCUT2D eigenvalue weighted by atomic mass is 16.6. The molecule has 0 unspecified atom stereocenters. The maximum Gasteiger partial charge on any atom is 0.278 e. The van der Waals surface area contributed by atoms with Crippen LogP contribution in [0.25, 0.3) is 10.9 Å². The van der Waals surface area contributed by atoms with Crippen LogP contribution in [0.2, 0.25) is 0 Å². The molecule has 0 aliphatic heterocycles. The first kappa shape index (κ1) is 12.6. The van der Waals surface area contributed by atoms with E-state index in [9.17, 15) is 15.2 Å². The summed E-state index contributed by atoms with van der Waals surface area (Å²) in [6.07, 6.45) is 2.42. The van der Waals surface area contributed by atoms with Gasteiger partial charge in [-0.1, -0.05) is 6.07 Å². The van der Waals surface area contributed by atoms with Gasteiger partial charge in [-0.25, -0.2) is 0 Å². The van der Waals surface area contributed by atoms with Crippen molar-refractivity contribution in [3.63, 3.8) is 0 Å². The highest BCUT2D eigenvalue weighted by molar-refractivity contribution is 5.89. The average molecular weight is 248 g/mol. The van der Waals surface area contributed by atoms with Crippen LogP contribution in [-0.4, -0.2) is 20.2 Å². The van der Waals surface area contributed by atoms with E-state index in [0.29, 0.717) is 18.4 Å². The number of non-ortho nitro benzene ring substituents is 1. The zero-order valence-corrected chi connectivity index (χ0v) is 10.5. The highest BCUT2D eigenvalue weighted by Crippen LogP contribution is 2.26. The standard InChI is InChI=1S/C13H16N2O3/c1-13(2,16)7-9-14-8-6-10-11(14)4-3-5-12(10)15(17)18/h3-6,8,16H,7,9H2,1-2H3. The van der Waals surface area contributed by atoms with Crippen molar-refractivity contribution in [2.45, 2.75) is 32.4 Å². The minimum absolute atomic E-state index is 0.120. The van der Waals surface area contributed by atoms with Crippen LogP contribution in [0.3, 0.4) is 0 Å². The Morgan fingerprint density at radius 3 is 2.72 bits per heavy atom. The zero-order valence-electron chi connectivity index (χ0n) is 10.5. The summed E-state index contributed by atoms with van der Waals surface area (Å²) < 4.78 is 1.93. The van der Waals surface area contributed by atoms with Gasteiger partial charge in [0.05, 0.1) is 21.4 Å². The van der Waals surface area contributed by atoms with Crippen molar-refractivity contribution in [2.24, 2.45) is 0 Å². The minimum atomic E-state index is -0.739. The van der Waals surface area contributed by atoms with Gasteiger partial charge in [0.2, 0.25) is 0 Å². The van der Waals surface area contributed by atoms with Crippen molar-refractivity contribution in [2.75, 3.05) is 0 Å². The van der Waals surface area contributed by atoms with E-state index in [1.807, 2.05) is 16.8 Å². The molecular formula is C13H16N2O3. The molecule has 0 spiro atoms. The smallest absolute Gasteiger partial charge is 0.278 e. The number of aromatic nitrogens is 1. The molecule has 1 N–H and O–H groups in total. The molecular weight excluding hydrogens is 232 g/mol. The molecule has 0 atom stereocenters. The second-order valence-electron chi connectivity index (χ2n) is 5.04. The fraction of sp³-hybridized carbons (Fsp3) is 0.385. The first-order valence-electron chi connectivity index (χ1n) is 5.83. The lowest BCUT2D eigenvalue weighted by Gasteiger charge is -2.17. The van der Waals surface area contributed by atoms with Crippen molar-refractivity contribution < 1.29 is 10.0 Å². The van der Waals surface area contributed by atoms with E-state index in [1.54, 1.807) is 26.0 Å². The maximum atomic E-state index is 10.9.